The van der Waals surface area contributed by atoms with Crippen molar-refractivity contribution in [2.24, 2.45) is 5.10 Å². The van der Waals surface area contributed by atoms with E-state index >= 15 is 0 Å². The van der Waals surface area contributed by atoms with Crippen LogP contribution in [0.25, 0.3) is 0 Å². The maximum atomic E-state index is 9.30. The summed E-state index contributed by atoms with van der Waals surface area (Å²) in [7, 11) is 0. The molecule has 3 heteroatoms. The highest BCUT2D eigenvalue weighted by molar-refractivity contribution is 5.82. The molecule has 0 spiro atoms. The summed E-state index contributed by atoms with van der Waals surface area (Å²) < 4.78 is 0. The molecule has 0 saturated heterocycles. The summed E-state index contributed by atoms with van der Waals surface area (Å²) in [6, 6.07) is 0. The second-order valence-corrected chi connectivity index (χ2v) is 2.50. The number of aliphatic hydroxyl groups is 1. The minimum absolute atomic E-state index is 0.752. The van der Waals surface area contributed by atoms with Crippen molar-refractivity contribution in [3.05, 3.63) is 11.8 Å². The highest BCUT2D eigenvalue weighted by Gasteiger charge is 2.19. The van der Waals surface area contributed by atoms with Crippen LogP contribution in [0.5, 0.6) is 0 Å². The molecule has 0 amide bonds. The number of hydrogen-bond acceptors (Lipinski definition) is 2. The van der Waals surface area contributed by atoms with Crippen LogP contribution in [0.4, 0.5) is 0 Å². The third-order valence-corrected chi connectivity index (χ3v) is 1.17. The molecular weight excluding hydrogens is 116 g/mol. The summed E-state index contributed by atoms with van der Waals surface area (Å²) in [5.41, 5.74) is 3.53. The molecule has 9 heavy (non-hydrogen) atoms. The van der Waals surface area contributed by atoms with Crippen LogP contribution >= 0.6 is 0 Å². The molecule has 1 aliphatic rings. The Kier molecular flexibility index (Phi) is 1.29. The van der Waals surface area contributed by atoms with Gasteiger partial charge in [0.15, 0.2) is 0 Å². The first-order chi connectivity index (χ1) is 4.11. The van der Waals surface area contributed by atoms with Gasteiger partial charge in [0.05, 0.1) is 18.0 Å². The topological polar surface area (TPSA) is 46.7 Å². The Morgan fingerprint density at radius 1 is 1.56 bits per heavy atom. The lowest BCUT2D eigenvalue weighted by molar-refractivity contribution is 0.127. The third kappa shape index (κ3) is 1.29. The van der Waals surface area contributed by atoms with Crippen molar-refractivity contribution < 1.29 is 5.11 Å². The lowest BCUT2D eigenvalue weighted by atomic mass is 10.0. The van der Waals surface area contributed by atoms with Crippen molar-refractivity contribution in [2.45, 2.75) is 19.4 Å². The lowest BCUT2D eigenvalue weighted by Crippen LogP contribution is -2.21. The SMILES string of the molecule is CC(C)(O)C1=C[N]N=C1. The zero-order chi connectivity index (χ0) is 6.91. The highest BCUT2D eigenvalue weighted by atomic mass is 16.3. The Morgan fingerprint density at radius 2 is 2.22 bits per heavy atom. The number of hydrogen-bond donors (Lipinski definition) is 1. The van der Waals surface area contributed by atoms with Crippen LogP contribution in [0.3, 0.4) is 0 Å². The van der Waals surface area contributed by atoms with E-state index in [9.17, 15) is 5.11 Å². The Hall–Kier alpha value is -0.830. The monoisotopic (exact) mass is 125 g/mol. The molecule has 0 unspecified atom stereocenters. The molecule has 1 heterocycles. The standard InChI is InChI=1S/C6H9N2O/c1-6(2,9)5-3-7-8-4-5/h3-4,9H,1-2H3. The second kappa shape index (κ2) is 1.84. The van der Waals surface area contributed by atoms with Gasteiger partial charge in [-0.3, -0.25) is 0 Å². The Labute approximate surface area is 54.1 Å². The summed E-state index contributed by atoms with van der Waals surface area (Å²) in [6.45, 7) is 3.40. The van der Waals surface area contributed by atoms with Gasteiger partial charge in [-0.15, -0.1) is 0 Å². The van der Waals surface area contributed by atoms with Gasteiger partial charge in [-0.25, -0.2) is 0 Å². The van der Waals surface area contributed by atoms with Crippen LogP contribution < -0.4 is 5.43 Å². The number of nitrogens with zero attached hydrogens (tertiary/aromatic N) is 2. The van der Waals surface area contributed by atoms with E-state index in [0.717, 1.165) is 5.57 Å². The first-order valence-electron chi connectivity index (χ1n) is 2.77. The van der Waals surface area contributed by atoms with Gasteiger partial charge in [0, 0.05) is 5.57 Å². The summed E-state index contributed by atoms with van der Waals surface area (Å²) in [5, 5.41) is 12.9. The Bertz CT molecular complexity index is 164. The average Bonchev–Trinajstić information content (AvgIpc) is 2.08. The van der Waals surface area contributed by atoms with Crippen molar-refractivity contribution in [2.75, 3.05) is 0 Å². The Morgan fingerprint density at radius 3 is 2.44 bits per heavy atom. The smallest absolute Gasteiger partial charge is 0.0871 e. The summed E-state index contributed by atoms with van der Waals surface area (Å²) >= 11 is 0. The first-order valence-corrected chi connectivity index (χ1v) is 2.77. The molecule has 0 bridgehead atoms. The molecule has 0 aromatic rings. The quantitative estimate of drug-likeness (QED) is 0.536. The van der Waals surface area contributed by atoms with Gasteiger partial charge in [0.1, 0.15) is 0 Å². The van der Waals surface area contributed by atoms with Gasteiger partial charge in [-0.1, -0.05) is 0 Å². The van der Waals surface area contributed by atoms with Crippen molar-refractivity contribution >= 4 is 6.21 Å². The fourth-order valence-electron chi connectivity index (χ4n) is 0.540. The van der Waals surface area contributed by atoms with E-state index in [1.165, 1.54) is 0 Å². The van der Waals surface area contributed by atoms with E-state index in [2.05, 4.69) is 10.5 Å². The molecular formula is C6H9N2O. The van der Waals surface area contributed by atoms with E-state index < -0.39 is 5.60 Å². The zero-order valence-electron chi connectivity index (χ0n) is 5.50. The normalized spacial score (nSPS) is 17.4. The molecule has 1 aliphatic heterocycles. The maximum Gasteiger partial charge on any atom is 0.0871 e. The van der Waals surface area contributed by atoms with Gasteiger partial charge in [0.25, 0.3) is 0 Å². The number of rotatable bonds is 1. The van der Waals surface area contributed by atoms with Crippen LogP contribution in [0.1, 0.15) is 13.8 Å². The highest BCUT2D eigenvalue weighted by Crippen LogP contribution is 2.14. The third-order valence-electron chi connectivity index (χ3n) is 1.17. The molecule has 3 nitrogen and oxygen atoms in total. The lowest BCUT2D eigenvalue weighted by Gasteiger charge is -2.14. The van der Waals surface area contributed by atoms with E-state index in [1.54, 1.807) is 26.3 Å². The molecule has 0 aliphatic carbocycles. The predicted octanol–water partition coefficient (Wildman–Crippen LogP) is 0.245. The molecule has 0 fully saturated rings. The van der Waals surface area contributed by atoms with Crippen LogP contribution in [-0.4, -0.2) is 16.9 Å². The molecule has 0 atom stereocenters. The average molecular weight is 125 g/mol. The minimum atomic E-state index is -0.802. The van der Waals surface area contributed by atoms with Crippen molar-refractivity contribution in [3.63, 3.8) is 0 Å². The molecule has 1 radical (unpaired) electrons. The summed E-state index contributed by atoms with van der Waals surface area (Å²) in [5.74, 6) is 0. The molecule has 49 valence electrons. The van der Waals surface area contributed by atoms with Crippen molar-refractivity contribution in [3.8, 4) is 0 Å². The molecule has 0 aromatic carbocycles. The first kappa shape index (κ1) is 6.29. The zero-order valence-corrected chi connectivity index (χ0v) is 5.50. The van der Waals surface area contributed by atoms with E-state index in [0.29, 0.717) is 0 Å². The van der Waals surface area contributed by atoms with Crippen LogP contribution in [0.15, 0.2) is 16.9 Å². The van der Waals surface area contributed by atoms with Crippen LogP contribution in [-0.2, 0) is 0 Å². The second-order valence-electron chi connectivity index (χ2n) is 2.50. The van der Waals surface area contributed by atoms with Gasteiger partial charge in [0.2, 0.25) is 0 Å². The van der Waals surface area contributed by atoms with Crippen molar-refractivity contribution in [1.82, 2.24) is 5.43 Å². The van der Waals surface area contributed by atoms with Gasteiger partial charge in [-0.05, 0) is 13.8 Å². The summed E-state index contributed by atoms with van der Waals surface area (Å²) in [6.07, 6.45) is 3.11. The van der Waals surface area contributed by atoms with Gasteiger partial charge >= 0.3 is 0 Å². The predicted molar refractivity (Wildman–Crippen MR) is 35.0 cm³/mol. The largest absolute Gasteiger partial charge is 0.386 e. The molecule has 0 saturated carbocycles. The fourth-order valence-corrected chi connectivity index (χ4v) is 0.540. The van der Waals surface area contributed by atoms with Gasteiger partial charge < -0.3 is 5.11 Å². The van der Waals surface area contributed by atoms with Crippen molar-refractivity contribution in [1.29, 1.82) is 0 Å². The minimum Gasteiger partial charge on any atom is -0.386 e. The van der Waals surface area contributed by atoms with Gasteiger partial charge in [-0.2, -0.15) is 10.5 Å². The van der Waals surface area contributed by atoms with Crippen LogP contribution in [0.2, 0.25) is 0 Å². The molecule has 1 rings (SSSR count). The molecule has 1 N–H and O–H groups in total. The van der Waals surface area contributed by atoms with E-state index in [4.69, 9.17) is 0 Å². The Balaban J connectivity index is 2.73. The van der Waals surface area contributed by atoms with Crippen LogP contribution in [0, 0.1) is 0 Å². The molecule has 0 aromatic heterocycles. The van der Waals surface area contributed by atoms with E-state index in [-0.39, 0.29) is 0 Å². The summed E-state index contributed by atoms with van der Waals surface area (Å²) in [4.78, 5) is 0. The van der Waals surface area contributed by atoms with E-state index in [1.807, 2.05) is 0 Å². The fraction of sp³-hybridized carbons (Fsp3) is 0.500. The maximum absolute atomic E-state index is 9.30.